The number of hydrogen-bond donors (Lipinski definition) is 0. The predicted octanol–water partition coefficient (Wildman–Crippen LogP) is 4.97. The van der Waals surface area contributed by atoms with Crippen molar-refractivity contribution in [1.29, 1.82) is 0 Å². The molecule has 29 heavy (non-hydrogen) atoms. The largest absolute Gasteiger partial charge is 0.366 e. The highest BCUT2D eigenvalue weighted by atomic mass is 35.5. The summed E-state index contributed by atoms with van der Waals surface area (Å²) in [6.07, 6.45) is 2.16. The molecule has 0 N–H and O–H groups in total. The molecule has 2 amide bonds. The molecule has 0 aromatic heterocycles. The molecule has 4 nitrogen and oxygen atoms in total. The molecule has 150 valence electrons. The highest BCUT2D eigenvalue weighted by Gasteiger charge is 2.43. The van der Waals surface area contributed by atoms with Gasteiger partial charge in [0.1, 0.15) is 5.70 Å². The van der Waals surface area contributed by atoms with E-state index in [2.05, 4.69) is 11.8 Å². The molecule has 1 atom stereocenters. The SMILES string of the molecule is Cc1ccc(C)c(N2C(=O)C(c3ccc(Cl)cc3)=C(N3CCCC(C)C3)C2=O)c1. The maximum atomic E-state index is 13.6. The lowest BCUT2D eigenvalue weighted by Gasteiger charge is -2.33. The van der Waals surface area contributed by atoms with E-state index in [1.165, 1.54) is 4.90 Å². The molecule has 2 aliphatic rings. The van der Waals surface area contributed by atoms with Crippen molar-refractivity contribution in [3.05, 3.63) is 69.9 Å². The number of anilines is 1. The van der Waals surface area contributed by atoms with Gasteiger partial charge in [-0.15, -0.1) is 0 Å². The minimum atomic E-state index is -0.265. The highest BCUT2D eigenvalue weighted by Crippen LogP contribution is 2.38. The second-order valence-electron chi connectivity index (χ2n) is 8.16. The number of nitrogens with zero attached hydrogens (tertiary/aromatic N) is 2. The molecular weight excluding hydrogens is 384 g/mol. The topological polar surface area (TPSA) is 40.6 Å². The summed E-state index contributed by atoms with van der Waals surface area (Å²) in [5.41, 5.74) is 4.30. The first-order chi connectivity index (χ1) is 13.9. The second kappa shape index (κ2) is 7.68. The predicted molar refractivity (Wildman–Crippen MR) is 117 cm³/mol. The molecule has 0 aliphatic carbocycles. The third kappa shape index (κ3) is 3.58. The van der Waals surface area contributed by atoms with Crippen LogP contribution in [0.1, 0.15) is 36.5 Å². The molecule has 5 heteroatoms. The molecule has 4 rings (SSSR count). The lowest BCUT2D eigenvalue weighted by Crippen LogP contribution is -2.39. The molecule has 0 radical (unpaired) electrons. The van der Waals surface area contributed by atoms with Gasteiger partial charge in [-0.2, -0.15) is 0 Å². The first kappa shape index (κ1) is 19.7. The molecule has 0 saturated carbocycles. The molecule has 0 bridgehead atoms. The van der Waals surface area contributed by atoms with Gasteiger partial charge in [-0.05, 0) is 67.5 Å². The van der Waals surface area contributed by atoms with Crippen molar-refractivity contribution in [2.24, 2.45) is 5.92 Å². The molecule has 1 fully saturated rings. The Labute approximate surface area is 176 Å². The van der Waals surface area contributed by atoms with Crippen molar-refractivity contribution < 1.29 is 9.59 Å². The summed E-state index contributed by atoms with van der Waals surface area (Å²) in [6, 6.07) is 13.0. The standard InChI is InChI=1S/C24H25ClN2O2/c1-15-6-7-17(3)20(13-15)27-23(28)21(18-8-10-19(25)11-9-18)22(24(27)29)26-12-4-5-16(2)14-26/h6-11,13,16H,4-5,12,14H2,1-3H3. The first-order valence-corrected chi connectivity index (χ1v) is 10.5. The van der Waals surface area contributed by atoms with E-state index < -0.39 is 0 Å². The monoisotopic (exact) mass is 408 g/mol. The van der Waals surface area contributed by atoms with Gasteiger partial charge in [0.25, 0.3) is 11.8 Å². The molecule has 0 spiro atoms. The average Bonchev–Trinajstić information content (AvgIpc) is 2.95. The van der Waals surface area contributed by atoms with Crippen LogP contribution in [0.2, 0.25) is 5.02 Å². The number of hydrogen-bond acceptors (Lipinski definition) is 3. The summed E-state index contributed by atoms with van der Waals surface area (Å²) < 4.78 is 0. The fraction of sp³-hybridized carbons (Fsp3) is 0.333. The van der Waals surface area contributed by atoms with Gasteiger partial charge in [0.15, 0.2) is 0 Å². The maximum Gasteiger partial charge on any atom is 0.282 e. The van der Waals surface area contributed by atoms with Crippen molar-refractivity contribution in [1.82, 2.24) is 4.90 Å². The third-order valence-corrected chi connectivity index (χ3v) is 6.02. The van der Waals surface area contributed by atoms with Crippen LogP contribution in [0.15, 0.2) is 48.2 Å². The van der Waals surface area contributed by atoms with E-state index in [-0.39, 0.29) is 11.8 Å². The van der Waals surface area contributed by atoms with Crippen LogP contribution in [-0.4, -0.2) is 29.8 Å². The minimum absolute atomic E-state index is 0.234. The van der Waals surface area contributed by atoms with E-state index >= 15 is 0 Å². The first-order valence-electron chi connectivity index (χ1n) is 10.1. The van der Waals surface area contributed by atoms with Gasteiger partial charge in [-0.3, -0.25) is 9.59 Å². The van der Waals surface area contributed by atoms with Gasteiger partial charge in [0.05, 0.1) is 11.3 Å². The number of carbonyl (C=O) groups excluding carboxylic acids is 2. The Balaban J connectivity index is 1.85. The number of likely N-dealkylation sites (tertiary alicyclic amines) is 1. The number of aryl methyl sites for hydroxylation is 2. The van der Waals surface area contributed by atoms with E-state index in [1.54, 1.807) is 12.1 Å². The average molecular weight is 409 g/mol. The van der Waals surface area contributed by atoms with Gasteiger partial charge >= 0.3 is 0 Å². The quantitative estimate of drug-likeness (QED) is 0.673. The van der Waals surface area contributed by atoms with E-state index in [1.807, 2.05) is 44.2 Å². The summed E-state index contributed by atoms with van der Waals surface area (Å²) in [6.45, 7) is 7.66. The van der Waals surface area contributed by atoms with Crippen LogP contribution in [0.4, 0.5) is 5.69 Å². The number of rotatable bonds is 3. The molecule has 1 saturated heterocycles. The molecule has 2 aliphatic heterocycles. The van der Waals surface area contributed by atoms with Crippen molar-refractivity contribution in [3.63, 3.8) is 0 Å². The smallest absolute Gasteiger partial charge is 0.282 e. The fourth-order valence-corrected chi connectivity index (χ4v) is 4.39. The fourth-order valence-electron chi connectivity index (χ4n) is 4.26. The zero-order valence-corrected chi connectivity index (χ0v) is 17.8. The zero-order valence-electron chi connectivity index (χ0n) is 17.0. The Morgan fingerprint density at radius 3 is 2.41 bits per heavy atom. The van der Waals surface area contributed by atoms with Crippen LogP contribution in [0, 0.1) is 19.8 Å². The number of halogens is 1. The van der Waals surface area contributed by atoms with Crippen molar-refractivity contribution in [2.45, 2.75) is 33.6 Å². The number of benzene rings is 2. The molecule has 2 heterocycles. The normalized spacial score (nSPS) is 20.1. The van der Waals surface area contributed by atoms with Crippen LogP contribution < -0.4 is 4.90 Å². The Morgan fingerprint density at radius 2 is 1.72 bits per heavy atom. The lowest BCUT2D eigenvalue weighted by molar-refractivity contribution is -0.120. The van der Waals surface area contributed by atoms with Gasteiger partial charge in [0.2, 0.25) is 0 Å². The van der Waals surface area contributed by atoms with Crippen LogP contribution in [-0.2, 0) is 9.59 Å². The van der Waals surface area contributed by atoms with E-state index in [4.69, 9.17) is 11.6 Å². The number of amides is 2. The summed E-state index contributed by atoms with van der Waals surface area (Å²) in [4.78, 5) is 30.7. The van der Waals surface area contributed by atoms with Crippen molar-refractivity contribution in [2.75, 3.05) is 18.0 Å². The molecule has 1 unspecified atom stereocenters. The van der Waals surface area contributed by atoms with E-state index in [0.717, 1.165) is 42.6 Å². The Morgan fingerprint density at radius 1 is 1.00 bits per heavy atom. The maximum absolute atomic E-state index is 13.6. The Bertz CT molecular complexity index is 1010. The van der Waals surface area contributed by atoms with Gasteiger partial charge in [0, 0.05) is 18.1 Å². The lowest BCUT2D eigenvalue weighted by atomic mass is 9.98. The van der Waals surface area contributed by atoms with Crippen molar-refractivity contribution >= 4 is 34.7 Å². The van der Waals surface area contributed by atoms with Gasteiger partial charge < -0.3 is 4.90 Å². The number of carbonyl (C=O) groups is 2. The summed E-state index contributed by atoms with van der Waals surface area (Å²) in [7, 11) is 0. The van der Waals surface area contributed by atoms with Crippen molar-refractivity contribution in [3.8, 4) is 0 Å². The van der Waals surface area contributed by atoms with Crippen LogP contribution in [0.5, 0.6) is 0 Å². The summed E-state index contributed by atoms with van der Waals surface area (Å²) in [5, 5.41) is 0.602. The zero-order chi connectivity index (χ0) is 20.7. The molecule has 2 aromatic carbocycles. The van der Waals surface area contributed by atoms with E-state index in [9.17, 15) is 9.59 Å². The summed E-state index contributed by atoms with van der Waals surface area (Å²) >= 11 is 6.06. The molecule has 2 aromatic rings. The summed E-state index contributed by atoms with van der Waals surface area (Å²) in [5.74, 6) is -0.0117. The minimum Gasteiger partial charge on any atom is -0.366 e. The van der Waals surface area contributed by atoms with E-state index in [0.29, 0.717) is 27.9 Å². The Hall–Kier alpha value is -2.59. The van der Waals surface area contributed by atoms with Crippen LogP contribution >= 0.6 is 11.6 Å². The van der Waals surface area contributed by atoms with Gasteiger partial charge in [-0.1, -0.05) is 42.8 Å². The number of piperidine rings is 1. The Kier molecular flexibility index (Phi) is 5.22. The third-order valence-electron chi connectivity index (χ3n) is 5.77. The molecular formula is C24H25ClN2O2. The highest BCUT2D eigenvalue weighted by molar-refractivity contribution is 6.45. The second-order valence-corrected chi connectivity index (χ2v) is 8.60. The van der Waals surface area contributed by atoms with Gasteiger partial charge in [-0.25, -0.2) is 4.90 Å². The van der Waals surface area contributed by atoms with Crippen LogP contribution in [0.25, 0.3) is 5.57 Å². The van der Waals surface area contributed by atoms with Crippen LogP contribution in [0.3, 0.4) is 0 Å². The number of imide groups is 1.